The predicted molar refractivity (Wildman–Crippen MR) is 115 cm³/mol. The second kappa shape index (κ2) is 8.61. The molecule has 0 N–H and O–H groups in total. The SMILES string of the molecule is CC(C)(I)C1CCC(OC(=O)OC2CCC(C(C)(C)I)CC2)CC1. The molecule has 0 unspecified atom stereocenters. The van der Waals surface area contributed by atoms with E-state index in [9.17, 15) is 4.79 Å². The zero-order chi connectivity index (χ0) is 18.0. The van der Waals surface area contributed by atoms with Crippen LogP contribution < -0.4 is 0 Å². The lowest BCUT2D eigenvalue weighted by atomic mass is 9.80. The zero-order valence-corrected chi connectivity index (χ0v) is 19.8. The Morgan fingerprint density at radius 3 is 1.25 bits per heavy atom. The highest BCUT2D eigenvalue weighted by Crippen LogP contribution is 2.40. The molecule has 0 aromatic rings. The smallest absolute Gasteiger partial charge is 0.431 e. The van der Waals surface area contributed by atoms with Gasteiger partial charge < -0.3 is 9.47 Å². The third-order valence-corrected chi connectivity index (χ3v) is 7.58. The summed E-state index contributed by atoms with van der Waals surface area (Å²) < 4.78 is 11.8. The maximum absolute atomic E-state index is 12.1. The molecule has 2 aliphatic carbocycles. The molecule has 2 saturated carbocycles. The number of hydrogen-bond donors (Lipinski definition) is 0. The summed E-state index contributed by atoms with van der Waals surface area (Å²) in [6, 6.07) is 0. The van der Waals surface area contributed by atoms with Gasteiger partial charge in [-0.05, 0) is 63.2 Å². The molecular weight excluding hydrogens is 530 g/mol. The number of ether oxygens (including phenoxy) is 2. The monoisotopic (exact) mass is 562 g/mol. The minimum atomic E-state index is -0.440. The summed E-state index contributed by atoms with van der Waals surface area (Å²) in [6.45, 7) is 9.17. The van der Waals surface area contributed by atoms with Crippen molar-refractivity contribution in [1.29, 1.82) is 0 Å². The molecule has 0 bridgehead atoms. The molecule has 0 aromatic heterocycles. The average Bonchev–Trinajstić information content (AvgIpc) is 2.46. The Balaban J connectivity index is 1.68. The van der Waals surface area contributed by atoms with Crippen molar-refractivity contribution in [3.8, 4) is 0 Å². The Morgan fingerprint density at radius 2 is 1.00 bits per heavy atom. The topological polar surface area (TPSA) is 35.5 Å². The molecule has 5 heteroatoms. The fourth-order valence-electron chi connectivity index (χ4n) is 4.03. The first kappa shape index (κ1) is 21.0. The number of carbonyl (C=O) groups is 1. The van der Waals surface area contributed by atoms with Crippen molar-refractivity contribution in [2.24, 2.45) is 11.8 Å². The van der Waals surface area contributed by atoms with Gasteiger partial charge in [0, 0.05) is 6.84 Å². The Morgan fingerprint density at radius 1 is 0.708 bits per heavy atom. The molecule has 2 fully saturated rings. The number of hydrogen-bond acceptors (Lipinski definition) is 3. The van der Waals surface area contributed by atoms with Crippen molar-refractivity contribution in [2.45, 2.75) is 98.1 Å². The van der Waals surface area contributed by atoms with Crippen LogP contribution in [0.1, 0.15) is 79.1 Å². The Labute approximate surface area is 174 Å². The van der Waals surface area contributed by atoms with E-state index >= 15 is 0 Å². The van der Waals surface area contributed by atoms with Crippen LogP contribution in [0.25, 0.3) is 0 Å². The van der Waals surface area contributed by atoms with Gasteiger partial charge in [-0.3, -0.25) is 0 Å². The van der Waals surface area contributed by atoms with E-state index in [0.717, 1.165) is 63.2 Å². The largest absolute Gasteiger partial charge is 0.508 e. The molecule has 140 valence electrons. The molecule has 2 rings (SSSR count). The number of rotatable bonds is 4. The van der Waals surface area contributed by atoms with Crippen molar-refractivity contribution in [3.63, 3.8) is 0 Å². The van der Waals surface area contributed by atoms with Crippen LogP contribution in [0.2, 0.25) is 0 Å². The Bertz CT molecular complexity index is 371. The number of carbonyl (C=O) groups excluding carboxylic acids is 1. The standard InChI is InChI=1S/C19H32I2O3/c1-18(2,20)13-5-9-15(10-6-13)23-17(22)24-16-11-7-14(8-12-16)19(3,4)21/h13-16H,5-12H2,1-4H3. The van der Waals surface area contributed by atoms with Gasteiger partial charge >= 0.3 is 6.16 Å². The molecule has 24 heavy (non-hydrogen) atoms. The maximum atomic E-state index is 12.1. The van der Waals surface area contributed by atoms with Gasteiger partial charge in [0.2, 0.25) is 0 Å². The number of halogens is 2. The van der Waals surface area contributed by atoms with E-state index in [0.29, 0.717) is 6.84 Å². The van der Waals surface area contributed by atoms with E-state index in [1.165, 1.54) is 0 Å². The van der Waals surface area contributed by atoms with E-state index in [1.807, 2.05) is 0 Å². The van der Waals surface area contributed by atoms with Gasteiger partial charge in [-0.2, -0.15) is 0 Å². The van der Waals surface area contributed by atoms with Gasteiger partial charge in [0.1, 0.15) is 12.2 Å². The first-order chi connectivity index (χ1) is 11.1. The maximum Gasteiger partial charge on any atom is 0.508 e. The van der Waals surface area contributed by atoms with Gasteiger partial charge in [-0.1, -0.05) is 72.9 Å². The molecule has 0 aromatic carbocycles. The van der Waals surface area contributed by atoms with Gasteiger partial charge in [-0.15, -0.1) is 0 Å². The summed E-state index contributed by atoms with van der Waals surface area (Å²) in [5.74, 6) is 1.45. The third-order valence-electron chi connectivity index (χ3n) is 5.82. The third kappa shape index (κ3) is 6.47. The minimum Gasteiger partial charge on any atom is -0.431 e. The zero-order valence-electron chi connectivity index (χ0n) is 15.4. The van der Waals surface area contributed by atoms with Crippen molar-refractivity contribution < 1.29 is 14.3 Å². The van der Waals surface area contributed by atoms with Crippen LogP contribution in [0.15, 0.2) is 0 Å². The van der Waals surface area contributed by atoms with Crippen LogP contribution in [0, 0.1) is 11.8 Å². The highest BCUT2D eigenvalue weighted by Gasteiger charge is 2.34. The molecule has 0 spiro atoms. The van der Waals surface area contributed by atoms with Crippen molar-refractivity contribution in [1.82, 2.24) is 0 Å². The molecular formula is C19H32I2O3. The van der Waals surface area contributed by atoms with Crippen molar-refractivity contribution in [2.75, 3.05) is 0 Å². The summed E-state index contributed by atoms with van der Waals surface area (Å²) >= 11 is 5.08. The minimum absolute atomic E-state index is 0.0529. The van der Waals surface area contributed by atoms with Crippen LogP contribution >= 0.6 is 45.2 Å². The van der Waals surface area contributed by atoms with Crippen molar-refractivity contribution >= 4 is 51.3 Å². The van der Waals surface area contributed by atoms with Crippen LogP contribution in [-0.4, -0.2) is 25.2 Å². The molecule has 3 nitrogen and oxygen atoms in total. The Kier molecular flexibility index (Phi) is 7.55. The lowest BCUT2D eigenvalue weighted by molar-refractivity contribution is -0.0271. The lowest BCUT2D eigenvalue weighted by Gasteiger charge is -2.36. The predicted octanol–water partition coefficient (Wildman–Crippen LogP) is 6.68. The van der Waals surface area contributed by atoms with Crippen LogP contribution in [0.4, 0.5) is 4.79 Å². The summed E-state index contributed by atoms with van der Waals surface area (Å²) in [4.78, 5) is 12.1. The number of alkyl halides is 2. The van der Waals surface area contributed by atoms with E-state index in [2.05, 4.69) is 72.9 Å². The summed E-state index contributed by atoms with van der Waals surface area (Å²) in [6.07, 6.45) is 8.13. The molecule has 0 aliphatic heterocycles. The molecule has 0 saturated heterocycles. The quantitative estimate of drug-likeness (QED) is 0.218. The van der Waals surface area contributed by atoms with E-state index in [1.54, 1.807) is 0 Å². The van der Waals surface area contributed by atoms with Gasteiger partial charge in [-0.25, -0.2) is 4.79 Å². The molecule has 2 aliphatic rings. The molecule has 0 radical (unpaired) electrons. The summed E-state index contributed by atoms with van der Waals surface area (Å²) in [5.41, 5.74) is 0. The average molecular weight is 562 g/mol. The fraction of sp³-hybridized carbons (Fsp3) is 0.947. The first-order valence-corrected chi connectivity index (χ1v) is 11.5. The van der Waals surface area contributed by atoms with E-state index in [4.69, 9.17) is 9.47 Å². The molecule has 0 heterocycles. The van der Waals surface area contributed by atoms with Gasteiger partial charge in [0.25, 0.3) is 0 Å². The van der Waals surface area contributed by atoms with Crippen molar-refractivity contribution in [3.05, 3.63) is 0 Å². The van der Waals surface area contributed by atoms with Gasteiger partial charge in [0.15, 0.2) is 0 Å². The second-order valence-electron chi connectivity index (χ2n) is 8.56. The van der Waals surface area contributed by atoms with Crippen LogP contribution in [0.5, 0.6) is 0 Å². The first-order valence-electron chi connectivity index (χ1n) is 9.31. The van der Waals surface area contributed by atoms with Crippen LogP contribution in [0.3, 0.4) is 0 Å². The highest BCUT2D eigenvalue weighted by atomic mass is 127. The second-order valence-corrected chi connectivity index (χ2v) is 14.1. The molecule has 0 atom stereocenters. The normalized spacial score (nSPS) is 32.2. The summed E-state index contributed by atoms with van der Waals surface area (Å²) in [5, 5.41) is 0. The highest BCUT2D eigenvalue weighted by molar-refractivity contribution is 14.1. The van der Waals surface area contributed by atoms with E-state index in [-0.39, 0.29) is 12.2 Å². The Hall–Kier alpha value is 0.730. The fourth-order valence-corrected chi connectivity index (χ4v) is 5.28. The molecule has 0 amide bonds. The lowest BCUT2D eigenvalue weighted by Crippen LogP contribution is -2.34. The summed E-state index contributed by atoms with van der Waals surface area (Å²) in [7, 11) is 0. The van der Waals surface area contributed by atoms with Crippen LogP contribution in [-0.2, 0) is 9.47 Å². The van der Waals surface area contributed by atoms with Gasteiger partial charge in [0.05, 0.1) is 0 Å². The van der Waals surface area contributed by atoms with E-state index < -0.39 is 6.16 Å².